The van der Waals surface area contributed by atoms with Gasteiger partial charge in [-0.1, -0.05) is 33.6 Å². The number of rotatable bonds is 4. The van der Waals surface area contributed by atoms with Gasteiger partial charge in [-0.3, -0.25) is 4.79 Å². The Kier molecular flexibility index (Phi) is 5.48. The minimum Gasteiger partial charge on any atom is -0.343 e. The van der Waals surface area contributed by atoms with E-state index < -0.39 is 0 Å². The quantitative estimate of drug-likeness (QED) is 0.857. The van der Waals surface area contributed by atoms with E-state index in [9.17, 15) is 4.79 Å². The van der Waals surface area contributed by atoms with Crippen LogP contribution >= 0.6 is 0 Å². The van der Waals surface area contributed by atoms with Gasteiger partial charge in [0.1, 0.15) is 0 Å². The van der Waals surface area contributed by atoms with Gasteiger partial charge in [-0.25, -0.2) is 0 Å². The third kappa shape index (κ3) is 3.55. The Morgan fingerprint density at radius 1 is 1.25 bits per heavy atom. The summed E-state index contributed by atoms with van der Waals surface area (Å²) in [7, 11) is 0. The number of hydrogen-bond donors (Lipinski definition) is 1. The van der Waals surface area contributed by atoms with Crippen molar-refractivity contribution in [1.29, 1.82) is 0 Å². The fourth-order valence-electron chi connectivity index (χ4n) is 3.89. The molecule has 1 N–H and O–H groups in total. The van der Waals surface area contributed by atoms with Crippen LogP contribution in [-0.4, -0.2) is 36.5 Å². The molecule has 0 aromatic carbocycles. The van der Waals surface area contributed by atoms with Crippen molar-refractivity contribution in [3.63, 3.8) is 0 Å². The van der Waals surface area contributed by atoms with Crippen molar-refractivity contribution in [2.75, 3.05) is 19.6 Å². The van der Waals surface area contributed by atoms with Crippen LogP contribution in [-0.2, 0) is 4.79 Å². The van der Waals surface area contributed by atoms with Crippen LogP contribution in [0.4, 0.5) is 0 Å². The molecule has 0 bridgehead atoms. The summed E-state index contributed by atoms with van der Waals surface area (Å²) < 4.78 is 0. The number of likely N-dealkylation sites (tertiary alicyclic amines) is 1. The Labute approximate surface area is 124 Å². The van der Waals surface area contributed by atoms with Crippen LogP contribution < -0.4 is 5.32 Å². The number of nitrogens with zero attached hydrogens (tertiary/aromatic N) is 1. The second-order valence-electron chi connectivity index (χ2n) is 6.97. The topological polar surface area (TPSA) is 32.3 Å². The van der Waals surface area contributed by atoms with Gasteiger partial charge in [0.2, 0.25) is 5.91 Å². The van der Waals surface area contributed by atoms with Gasteiger partial charge in [0.25, 0.3) is 0 Å². The van der Waals surface area contributed by atoms with Crippen LogP contribution in [0, 0.1) is 11.3 Å². The van der Waals surface area contributed by atoms with E-state index in [-0.39, 0.29) is 0 Å². The Morgan fingerprint density at radius 3 is 2.45 bits per heavy atom. The van der Waals surface area contributed by atoms with Gasteiger partial charge in [0, 0.05) is 25.6 Å². The third-order valence-electron chi connectivity index (χ3n) is 6.00. The summed E-state index contributed by atoms with van der Waals surface area (Å²) >= 11 is 0. The zero-order valence-corrected chi connectivity index (χ0v) is 13.6. The van der Waals surface area contributed by atoms with Crippen LogP contribution in [0.3, 0.4) is 0 Å². The first-order chi connectivity index (χ1) is 9.60. The van der Waals surface area contributed by atoms with Crippen molar-refractivity contribution in [1.82, 2.24) is 10.2 Å². The van der Waals surface area contributed by atoms with E-state index in [1.807, 2.05) is 0 Å². The van der Waals surface area contributed by atoms with Crippen LogP contribution in [0.15, 0.2) is 0 Å². The second kappa shape index (κ2) is 6.93. The molecule has 2 heterocycles. The van der Waals surface area contributed by atoms with Crippen molar-refractivity contribution in [2.24, 2.45) is 11.3 Å². The molecule has 2 aliphatic heterocycles. The number of carbonyl (C=O) groups excluding carboxylic acids is 1. The summed E-state index contributed by atoms with van der Waals surface area (Å²) in [4.78, 5) is 14.6. The van der Waals surface area contributed by atoms with E-state index in [0.29, 0.717) is 29.7 Å². The first kappa shape index (κ1) is 15.8. The summed E-state index contributed by atoms with van der Waals surface area (Å²) in [5.41, 5.74) is 0.507. The molecule has 2 atom stereocenters. The molecule has 3 heteroatoms. The van der Waals surface area contributed by atoms with Gasteiger partial charge in [-0.05, 0) is 43.6 Å². The van der Waals surface area contributed by atoms with Gasteiger partial charge in [-0.2, -0.15) is 0 Å². The normalized spacial score (nSPS) is 30.2. The summed E-state index contributed by atoms with van der Waals surface area (Å²) in [6, 6.07) is 0.403. The molecule has 1 amide bonds. The Bertz CT molecular complexity index is 315. The van der Waals surface area contributed by atoms with Gasteiger partial charge in [0.05, 0.1) is 0 Å². The lowest BCUT2D eigenvalue weighted by Gasteiger charge is -2.41. The Hall–Kier alpha value is -0.570. The molecule has 2 unspecified atom stereocenters. The molecule has 2 aliphatic rings. The molecule has 0 radical (unpaired) electrons. The van der Waals surface area contributed by atoms with E-state index in [2.05, 4.69) is 31.0 Å². The van der Waals surface area contributed by atoms with E-state index in [4.69, 9.17) is 0 Å². The highest BCUT2D eigenvalue weighted by molar-refractivity contribution is 5.77. The number of carbonyl (C=O) groups is 1. The van der Waals surface area contributed by atoms with E-state index in [1.54, 1.807) is 0 Å². The SMILES string of the molecule is CCC1(CC)CCN(C(=O)CC2NCCCC2C)CC1. The van der Waals surface area contributed by atoms with Crippen molar-refractivity contribution in [3.8, 4) is 0 Å². The van der Waals surface area contributed by atoms with Gasteiger partial charge >= 0.3 is 0 Å². The van der Waals surface area contributed by atoms with E-state index in [1.165, 1.54) is 38.5 Å². The fraction of sp³-hybridized carbons (Fsp3) is 0.941. The largest absolute Gasteiger partial charge is 0.343 e. The summed E-state index contributed by atoms with van der Waals surface area (Å²) in [5.74, 6) is 1.01. The summed E-state index contributed by atoms with van der Waals surface area (Å²) in [6.45, 7) is 9.91. The number of hydrogen-bond acceptors (Lipinski definition) is 2. The zero-order valence-electron chi connectivity index (χ0n) is 13.6. The third-order valence-corrected chi connectivity index (χ3v) is 6.00. The van der Waals surface area contributed by atoms with Gasteiger partial charge in [0.15, 0.2) is 0 Å². The molecule has 0 saturated carbocycles. The van der Waals surface area contributed by atoms with Crippen molar-refractivity contribution in [3.05, 3.63) is 0 Å². The molecule has 2 rings (SSSR count). The molecule has 116 valence electrons. The van der Waals surface area contributed by atoms with Crippen molar-refractivity contribution in [2.45, 2.75) is 71.8 Å². The molecule has 2 fully saturated rings. The van der Waals surface area contributed by atoms with Crippen LogP contribution in [0.1, 0.15) is 65.7 Å². The van der Waals surface area contributed by atoms with E-state index >= 15 is 0 Å². The van der Waals surface area contributed by atoms with Gasteiger partial charge in [-0.15, -0.1) is 0 Å². The maximum atomic E-state index is 12.5. The van der Waals surface area contributed by atoms with E-state index in [0.717, 1.165) is 19.6 Å². The molecular formula is C17H32N2O. The Balaban J connectivity index is 1.82. The van der Waals surface area contributed by atoms with Crippen LogP contribution in [0.25, 0.3) is 0 Å². The molecule has 2 saturated heterocycles. The highest BCUT2D eigenvalue weighted by atomic mass is 16.2. The molecule has 0 aliphatic carbocycles. The van der Waals surface area contributed by atoms with Gasteiger partial charge < -0.3 is 10.2 Å². The lowest BCUT2D eigenvalue weighted by atomic mass is 9.74. The molecule has 3 nitrogen and oxygen atoms in total. The zero-order chi connectivity index (χ0) is 14.6. The standard InChI is InChI=1S/C17H32N2O/c1-4-17(5-2)8-11-19(12-9-17)16(20)13-15-14(3)7-6-10-18-15/h14-15,18H,4-13H2,1-3H3. The lowest BCUT2D eigenvalue weighted by Crippen LogP contribution is -2.47. The smallest absolute Gasteiger partial charge is 0.224 e. The fourth-order valence-corrected chi connectivity index (χ4v) is 3.89. The van der Waals surface area contributed by atoms with Crippen molar-refractivity contribution >= 4 is 5.91 Å². The molecule has 0 aromatic rings. The first-order valence-corrected chi connectivity index (χ1v) is 8.61. The monoisotopic (exact) mass is 280 g/mol. The first-order valence-electron chi connectivity index (χ1n) is 8.61. The molecular weight excluding hydrogens is 248 g/mol. The second-order valence-corrected chi connectivity index (χ2v) is 6.97. The van der Waals surface area contributed by atoms with Crippen LogP contribution in [0.2, 0.25) is 0 Å². The number of amides is 1. The number of piperidine rings is 2. The maximum absolute atomic E-state index is 12.5. The minimum absolute atomic E-state index is 0.372. The number of nitrogens with one attached hydrogen (secondary N) is 1. The van der Waals surface area contributed by atoms with Crippen molar-refractivity contribution < 1.29 is 4.79 Å². The highest BCUT2D eigenvalue weighted by Crippen LogP contribution is 2.38. The predicted molar refractivity (Wildman–Crippen MR) is 83.6 cm³/mol. The highest BCUT2D eigenvalue weighted by Gasteiger charge is 2.34. The minimum atomic E-state index is 0.372. The predicted octanol–water partition coefficient (Wildman–Crippen LogP) is 3.19. The molecule has 0 aromatic heterocycles. The molecule has 0 spiro atoms. The summed E-state index contributed by atoms with van der Waals surface area (Å²) in [6.07, 6.45) is 8.12. The molecule has 20 heavy (non-hydrogen) atoms. The lowest BCUT2D eigenvalue weighted by molar-refractivity contribution is -0.134. The van der Waals surface area contributed by atoms with Crippen LogP contribution in [0.5, 0.6) is 0 Å². The summed E-state index contributed by atoms with van der Waals surface area (Å²) in [5, 5.41) is 3.53. The average molecular weight is 280 g/mol. The average Bonchev–Trinajstić information content (AvgIpc) is 2.49. The maximum Gasteiger partial charge on any atom is 0.224 e. The Morgan fingerprint density at radius 2 is 1.90 bits per heavy atom.